The lowest BCUT2D eigenvalue weighted by Crippen LogP contribution is -2.17. The highest BCUT2D eigenvalue weighted by Crippen LogP contribution is 2.32. The molecule has 3 heterocycles. The molecule has 7 nitrogen and oxygen atoms in total. The maximum atomic E-state index is 12.7. The summed E-state index contributed by atoms with van der Waals surface area (Å²) in [6.07, 6.45) is 3.75. The first-order valence-electron chi connectivity index (χ1n) is 10.2. The smallest absolute Gasteiger partial charge is 0.406 e. The van der Waals surface area contributed by atoms with Gasteiger partial charge in [-0.05, 0) is 42.3 Å². The molecule has 1 amide bonds. The van der Waals surface area contributed by atoms with E-state index in [0.29, 0.717) is 28.9 Å². The van der Waals surface area contributed by atoms with Gasteiger partial charge in [0.25, 0.3) is 0 Å². The number of hydrogen-bond donors (Lipinski definition) is 1. The second-order valence-electron chi connectivity index (χ2n) is 7.18. The van der Waals surface area contributed by atoms with E-state index in [1.807, 2.05) is 6.07 Å². The molecule has 4 aromatic rings. The molecule has 0 unspecified atom stereocenters. The van der Waals surface area contributed by atoms with E-state index in [-0.39, 0.29) is 23.9 Å². The van der Waals surface area contributed by atoms with Crippen molar-refractivity contribution in [2.45, 2.75) is 19.2 Å². The second-order valence-corrected chi connectivity index (χ2v) is 7.18. The van der Waals surface area contributed by atoms with Gasteiger partial charge in [-0.25, -0.2) is 4.98 Å². The van der Waals surface area contributed by atoms with Crippen molar-refractivity contribution in [2.24, 2.45) is 0 Å². The summed E-state index contributed by atoms with van der Waals surface area (Å²) < 4.78 is 42.0. The van der Waals surface area contributed by atoms with Crippen molar-refractivity contribution >= 4 is 11.7 Å². The molecule has 0 saturated carbocycles. The Kier molecular flexibility index (Phi) is 6.77. The predicted molar refractivity (Wildman–Crippen MR) is 119 cm³/mol. The van der Waals surface area contributed by atoms with E-state index in [9.17, 15) is 18.0 Å². The van der Waals surface area contributed by atoms with E-state index in [0.717, 1.165) is 5.56 Å². The fourth-order valence-electron chi connectivity index (χ4n) is 3.21. The van der Waals surface area contributed by atoms with Crippen LogP contribution in [0.15, 0.2) is 79.5 Å². The molecule has 4 rings (SSSR count). The first-order valence-corrected chi connectivity index (χ1v) is 10.2. The third-order valence-electron chi connectivity index (χ3n) is 4.68. The van der Waals surface area contributed by atoms with Crippen LogP contribution in [0, 0.1) is 0 Å². The molecule has 0 saturated heterocycles. The van der Waals surface area contributed by atoms with Crippen LogP contribution in [0.5, 0.6) is 5.75 Å². The summed E-state index contributed by atoms with van der Waals surface area (Å²) >= 11 is 0. The molecule has 34 heavy (non-hydrogen) atoms. The van der Waals surface area contributed by atoms with Gasteiger partial charge in [0.1, 0.15) is 11.4 Å². The predicted octanol–water partition coefficient (Wildman–Crippen LogP) is 5.07. The number of nitrogens with one attached hydrogen (secondary N) is 1. The van der Waals surface area contributed by atoms with E-state index in [4.69, 9.17) is 0 Å². The molecular weight excluding hydrogens is 447 g/mol. The van der Waals surface area contributed by atoms with Crippen LogP contribution in [0.1, 0.15) is 12.0 Å². The Morgan fingerprint density at radius 2 is 1.68 bits per heavy atom. The van der Waals surface area contributed by atoms with Crippen LogP contribution in [-0.2, 0) is 11.2 Å². The molecule has 1 N–H and O–H groups in total. The Morgan fingerprint density at radius 3 is 2.38 bits per heavy atom. The van der Waals surface area contributed by atoms with Gasteiger partial charge < -0.3 is 10.1 Å². The second kappa shape index (κ2) is 10.1. The average molecular weight is 465 g/mol. The number of nitrogens with zero attached hydrogens (tertiary/aromatic N) is 4. The normalized spacial score (nSPS) is 11.1. The maximum Gasteiger partial charge on any atom is 0.573 e. The number of hydrogen-bond acceptors (Lipinski definition) is 6. The number of pyridine rings is 2. The van der Waals surface area contributed by atoms with Crippen molar-refractivity contribution < 1.29 is 22.7 Å². The van der Waals surface area contributed by atoms with Crippen LogP contribution < -0.4 is 10.1 Å². The van der Waals surface area contributed by atoms with Gasteiger partial charge in [-0.3, -0.25) is 19.7 Å². The number of benzene rings is 1. The summed E-state index contributed by atoms with van der Waals surface area (Å²) in [6.45, 7) is 0. The van der Waals surface area contributed by atoms with Crippen LogP contribution in [0.2, 0.25) is 0 Å². The molecule has 0 aliphatic rings. The standard InChI is InChI=1S/C24H18F3N5O2/c25-24(26,27)34-19-7-1-5-17(12-19)22-23(18-6-3-11-29-14-18)32-20(15-30-22)31-21(33)9-8-16-4-2-10-28-13-16/h1-7,10-15H,8-9H2,(H,31,32,33). The summed E-state index contributed by atoms with van der Waals surface area (Å²) in [5.74, 6) is -0.429. The van der Waals surface area contributed by atoms with Gasteiger partial charge in [-0.2, -0.15) is 0 Å². The number of ether oxygens (including phenoxy) is 1. The van der Waals surface area contributed by atoms with Gasteiger partial charge in [-0.1, -0.05) is 18.2 Å². The Hall–Kier alpha value is -4.34. The van der Waals surface area contributed by atoms with Crippen molar-refractivity contribution in [3.63, 3.8) is 0 Å². The minimum Gasteiger partial charge on any atom is -0.406 e. The molecule has 0 bridgehead atoms. The molecule has 1 aromatic carbocycles. The lowest BCUT2D eigenvalue weighted by Gasteiger charge is -2.13. The third-order valence-corrected chi connectivity index (χ3v) is 4.68. The summed E-state index contributed by atoms with van der Waals surface area (Å²) in [7, 11) is 0. The summed E-state index contributed by atoms with van der Waals surface area (Å²) in [5, 5.41) is 2.72. The van der Waals surface area contributed by atoms with Gasteiger partial charge in [0.05, 0.1) is 11.9 Å². The quantitative estimate of drug-likeness (QED) is 0.410. The number of amides is 1. The highest BCUT2D eigenvalue weighted by molar-refractivity contribution is 5.90. The van der Waals surface area contributed by atoms with Gasteiger partial charge in [0.2, 0.25) is 5.91 Å². The number of aromatic nitrogens is 4. The van der Waals surface area contributed by atoms with Crippen molar-refractivity contribution in [3.8, 4) is 28.3 Å². The monoisotopic (exact) mass is 465 g/mol. The lowest BCUT2D eigenvalue weighted by molar-refractivity contribution is -0.274. The number of anilines is 1. The topological polar surface area (TPSA) is 89.9 Å². The molecular formula is C24H18F3N5O2. The van der Waals surface area contributed by atoms with Gasteiger partial charge in [-0.15, -0.1) is 13.2 Å². The van der Waals surface area contributed by atoms with E-state index >= 15 is 0 Å². The average Bonchev–Trinajstić information content (AvgIpc) is 2.83. The Balaban J connectivity index is 1.61. The first-order chi connectivity index (χ1) is 16.4. The Bertz CT molecular complexity index is 1270. The van der Waals surface area contributed by atoms with Crippen LogP contribution >= 0.6 is 0 Å². The number of carbonyl (C=O) groups excluding carboxylic acids is 1. The van der Waals surface area contributed by atoms with Crippen molar-refractivity contribution in [1.29, 1.82) is 0 Å². The number of halogens is 3. The van der Waals surface area contributed by atoms with Crippen molar-refractivity contribution in [2.75, 3.05) is 5.32 Å². The third kappa shape index (κ3) is 6.12. The Labute approximate surface area is 192 Å². The van der Waals surface area contributed by atoms with Gasteiger partial charge in [0, 0.05) is 42.3 Å². The van der Waals surface area contributed by atoms with E-state index in [2.05, 4.69) is 30.0 Å². The molecule has 10 heteroatoms. The fraction of sp³-hybridized carbons (Fsp3) is 0.125. The zero-order valence-corrected chi connectivity index (χ0v) is 17.7. The Morgan fingerprint density at radius 1 is 0.912 bits per heavy atom. The highest BCUT2D eigenvalue weighted by Gasteiger charge is 2.31. The zero-order chi connectivity index (χ0) is 24.0. The molecule has 0 atom stereocenters. The summed E-state index contributed by atoms with van der Waals surface area (Å²) in [5.41, 5.74) is 2.54. The van der Waals surface area contributed by atoms with Crippen molar-refractivity contribution in [3.05, 3.63) is 85.1 Å². The molecule has 0 aliphatic carbocycles. The molecule has 3 aromatic heterocycles. The first kappa shape index (κ1) is 22.8. The van der Waals surface area contributed by atoms with E-state index in [1.165, 1.54) is 24.4 Å². The van der Waals surface area contributed by atoms with E-state index < -0.39 is 6.36 Å². The number of aryl methyl sites for hydroxylation is 1. The number of alkyl halides is 3. The number of carbonyl (C=O) groups is 1. The molecule has 0 radical (unpaired) electrons. The highest BCUT2D eigenvalue weighted by atomic mass is 19.4. The minimum absolute atomic E-state index is 0.210. The zero-order valence-electron chi connectivity index (χ0n) is 17.7. The fourth-order valence-corrected chi connectivity index (χ4v) is 3.21. The van der Waals surface area contributed by atoms with Crippen LogP contribution in [0.25, 0.3) is 22.5 Å². The summed E-state index contributed by atoms with van der Waals surface area (Å²) in [6, 6.07) is 12.6. The SMILES string of the molecule is O=C(CCc1cccnc1)Nc1cnc(-c2cccc(OC(F)(F)F)c2)c(-c2cccnc2)n1. The molecule has 0 fully saturated rings. The summed E-state index contributed by atoms with van der Waals surface area (Å²) in [4.78, 5) is 29.4. The van der Waals surface area contributed by atoms with Gasteiger partial charge >= 0.3 is 6.36 Å². The number of rotatable bonds is 7. The van der Waals surface area contributed by atoms with Crippen LogP contribution in [0.4, 0.5) is 19.0 Å². The lowest BCUT2D eigenvalue weighted by atomic mass is 10.1. The molecule has 172 valence electrons. The van der Waals surface area contributed by atoms with Gasteiger partial charge in [0.15, 0.2) is 5.82 Å². The van der Waals surface area contributed by atoms with Crippen LogP contribution in [-0.4, -0.2) is 32.2 Å². The largest absolute Gasteiger partial charge is 0.573 e. The van der Waals surface area contributed by atoms with E-state index in [1.54, 1.807) is 49.1 Å². The molecule has 0 aliphatic heterocycles. The maximum absolute atomic E-state index is 12.7. The van der Waals surface area contributed by atoms with Crippen molar-refractivity contribution in [1.82, 2.24) is 19.9 Å². The molecule has 0 spiro atoms. The van der Waals surface area contributed by atoms with Crippen LogP contribution in [0.3, 0.4) is 0 Å². The minimum atomic E-state index is -4.82.